The third-order valence-electron chi connectivity index (χ3n) is 3.30. The summed E-state index contributed by atoms with van der Waals surface area (Å²) in [5.74, 6) is 2.30. The van der Waals surface area contributed by atoms with Gasteiger partial charge in [-0.15, -0.1) is 11.3 Å². The van der Waals surface area contributed by atoms with Crippen molar-refractivity contribution in [2.45, 2.75) is 26.9 Å². The summed E-state index contributed by atoms with van der Waals surface area (Å²) in [6, 6.07) is 10.1. The van der Waals surface area contributed by atoms with E-state index >= 15 is 0 Å². The quantitative estimate of drug-likeness (QED) is 0.568. The highest BCUT2D eigenvalue weighted by atomic mass is 32.1. The monoisotopic (exact) mass is 347 g/mol. The maximum absolute atomic E-state index is 5.54. The number of aliphatic imine (C=N–C) groups is 1. The first-order valence-electron chi connectivity index (χ1n) is 8.11. The first kappa shape index (κ1) is 18.1. The molecule has 0 saturated carbocycles. The number of rotatable bonds is 8. The Morgan fingerprint density at radius 3 is 2.71 bits per heavy atom. The average molecular weight is 347 g/mol. The molecule has 0 aliphatic rings. The summed E-state index contributed by atoms with van der Waals surface area (Å²) in [6.07, 6.45) is 0. The Morgan fingerprint density at radius 2 is 2.04 bits per heavy atom. The van der Waals surface area contributed by atoms with Crippen molar-refractivity contribution in [2.75, 3.05) is 20.3 Å². The van der Waals surface area contributed by atoms with Crippen LogP contribution in [0.4, 0.5) is 0 Å². The molecule has 0 radical (unpaired) electrons. The standard InChI is InChI=1S/C18H25N3O2S/c1-4-19-18(21-13-15-7-6-10-24-15)20-12-14-8-9-16(23-5-2)17(11-14)22-3/h6-11H,4-5,12-13H2,1-3H3,(H2,19,20,21). The number of thiophene rings is 1. The van der Waals surface area contributed by atoms with Crippen molar-refractivity contribution >= 4 is 17.3 Å². The summed E-state index contributed by atoms with van der Waals surface area (Å²) < 4.78 is 10.9. The zero-order valence-electron chi connectivity index (χ0n) is 14.5. The molecule has 0 aliphatic carbocycles. The van der Waals surface area contributed by atoms with E-state index in [0.717, 1.165) is 36.1 Å². The van der Waals surface area contributed by atoms with Gasteiger partial charge < -0.3 is 20.1 Å². The van der Waals surface area contributed by atoms with Gasteiger partial charge in [-0.25, -0.2) is 4.99 Å². The molecule has 1 aromatic carbocycles. The summed E-state index contributed by atoms with van der Waals surface area (Å²) in [7, 11) is 1.65. The molecule has 1 heterocycles. The Bertz CT molecular complexity index is 642. The zero-order chi connectivity index (χ0) is 17.2. The van der Waals surface area contributed by atoms with Crippen molar-refractivity contribution in [3.63, 3.8) is 0 Å². The Kier molecular flexibility index (Phi) is 7.42. The van der Waals surface area contributed by atoms with E-state index in [9.17, 15) is 0 Å². The lowest BCUT2D eigenvalue weighted by molar-refractivity contribution is 0.310. The van der Waals surface area contributed by atoms with Gasteiger partial charge in [-0.05, 0) is 43.0 Å². The molecule has 0 saturated heterocycles. The van der Waals surface area contributed by atoms with E-state index in [4.69, 9.17) is 9.47 Å². The Balaban J connectivity index is 2.01. The van der Waals surface area contributed by atoms with Crippen LogP contribution in [0.5, 0.6) is 11.5 Å². The minimum Gasteiger partial charge on any atom is -0.493 e. The summed E-state index contributed by atoms with van der Waals surface area (Å²) in [5, 5.41) is 8.69. The van der Waals surface area contributed by atoms with Crippen molar-refractivity contribution < 1.29 is 9.47 Å². The second kappa shape index (κ2) is 9.82. The van der Waals surface area contributed by atoms with E-state index in [1.807, 2.05) is 25.1 Å². The lowest BCUT2D eigenvalue weighted by Gasteiger charge is -2.12. The third kappa shape index (κ3) is 5.45. The topological polar surface area (TPSA) is 54.9 Å². The van der Waals surface area contributed by atoms with Gasteiger partial charge in [0.15, 0.2) is 17.5 Å². The molecule has 2 rings (SSSR count). The zero-order valence-corrected chi connectivity index (χ0v) is 15.3. The molecular weight excluding hydrogens is 322 g/mol. The van der Waals surface area contributed by atoms with Crippen molar-refractivity contribution in [2.24, 2.45) is 4.99 Å². The van der Waals surface area contributed by atoms with E-state index in [2.05, 4.69) is 40.1 Å². The predicted octanol–water partition coefficient (Wildman–Crippen LogP) is 3.41. The minimum atomic E-state index is 0.572. The highest BCUT2D eigenvalue weighted by Crippen LogP contribution is 2.28. The molecule has 0 atom stereocenters. The molecule has 0 fully saturated rings. The van der Waals surface area contributed by atoms with Crippen LogP contribution in [0, 0.1) is 0 Å². The number of hydrogen-bond acceptors (Lipinski definition) is 4. The molecule has 24 heavy (non-hydrogen) atoms. The lowest BCUT2D eigenvalue weighted by atomic mass is 10.2. The first-order chi connectivity index (χ1) is 11.8. The molecule has 5 nitrogen and oxygen atoms in total. The minimum absolute atomic E-state index is 0.572. The normalized spacial score (nSPS) is 11.2. The van der Waals surface area contributed by atoms with E-state index in [-0.39, 0.29) is 0 Å². The van der Waals surface area contributed by atoms with Gasteiger partial charge in [0, 0.05) is 11.4 Å². The number of methoxy groups -OCH3 is 1. The maximum Gasteiger partial charge on any atom is 0.191 e. The van der Waals surface area contributed by atoms with Gasteiger partial charge >= 0.3 is 0 Å². The summed E-state index contributed by atoms with van der Waals surface area (Å²) in [5.41, 5.74) is 1.07. The lowest BCUT2D eigenvalue weighted by Crippen LogP contribution is -2.36. The van der Waals surface area contributed by atoms with Crippen LogP contribution in [-0.2, 0) is 13.1 Å². The Labute approximate surface area is 147 Å². The van der Waals surface area contributed by atoms with Crippen LogP contribution in [0.15, 0.2) is 40.7 Å². The van der Waals surface area contributed by atoms with Crippen LogP contribution in [0.25, 0.3) is 0 Å². The number of hydrogen-bond donors (Lipinski definition) is 2. The van der Waals surface area contributed by atoms with E-state index in [1.54, 1.807) is 18.4 Å². The second-order valence-electron chi connectivity index (χ2n) is 5.05. The second-order valence-corrected chi connectivity index (χ2v) is 6.08. The fourth-order valence-corrected chi connectivity index (χ4v) is 2.83. The fraction of sp³-hybridized carbons (Fsp3) is 0.389. The molecular formula is C18H25N3O2S. The Morgan fingerprint density at radius 1 is 1.17 bits per heavy atom. The maximum atomic E-state index is 5.54. The first-order valence-corrected chi connectivity index (χ1v) is 8.99. The van der Waals surface area contributed by atoms with Crippen LogP contribution in [0.3, 0.4) is 0 Å². The number of benzene rings is 1. The molecule has 2 aromatic rings. The van der Waals surface area contributed by atoms with Gasteiger partial charge in [-0.2, -0.15) is 0 Å². The van der Waals surface area contributed by atoms with Crippen molar-refractivity contribution in [3.05, 3.63) is 46.2 Å². The summed E-state index contributed by atoms with van der Waals surface area (Å²) in [6.45, 7) is 6.80. The number of nitrogens with zero attached hydrogens (tertiary/aromatic N) is 1. The van der Waals surface area contributed by atoms with Crippen LogP contribution < -0.4 is 20.1 Å². The SMILES string of the molecule is CCNC(=NCc1ccc(OCC)c(OC)c1)NCc1cccs1. The smallest absolute Gasteiger partial charge is 0.191 e. The van der Waals surface area contributed by atoms with Crippen LogP contribution in [0.1, 0.15) is 24.3 Å². The van der Waals surface area contributed by atoms with Crippen molar-refractivity contribution in [1.82, 2.24) is 10.6 Å². The van der Waals surface area contributed by atoms with E-state index < -0.39 is 0 Å². The van der Waals surface area contributed by atoms with Gasteiger partial charge in [-0.1, -0.05) is 12.1 Å². The van der Waals surface area contributed by atoms with Gasteiger partial charge in [-0.3, -0.25) is 0 Å². The molecule has 1 aromatic heterocycles. The van der Waals surface area contributed by atoms with E-state index in [1.165, 1.54) is 4.88 Å². The van der Waals surface area contributed by atoms with Gasteiger partial charge in [0.25, 0.3) is 0 Å². The molecule has 0 aliphatic heterocycles. The highest BCUT2D eigenvalue weighted by molar-refractivity contribution is 7.09. The van der Waals surface area contributed by atoms with Crippen LogP contribution in [-0.4, -0.2) is 26.2 Å². The predicted molar refractivity (Wildman–Crippen MR) is 100 cm³/mol. The fourth-order valence-electron chi connectivity index (χ4n) is 2.18. The molecule has 130 valence electrons. The van der Waals surface area contributed by atoms with Crippen LogP contribution in [0.2, 0.25) is 0 Å². The average Bonchev–Trinajstić information content (AvgIpc) is 3.12. The summed E-state index contributed by atoms with van der Waals surface area (Å²) in [4.78, 5) is 5.92. The molecule has 0 bridgehead atoms. The van der Waals surface area contributed by atoms with Gasteiger partial charge in [0.1, 0.15) is 0 Å². The molecule has 0 amide bonds. The molecule has 2 N–H and O–H groups in total. The number of ether oxygens (including phenoxy) is 2. The molecule has 6 heteroatoms. The van der Waals surface area contributed by atoms with Crippen LogP contribution >= 0.6 is 11.3 Å². The van der Waals surface area contributed by atoms with Gasteiger partial charge in [0.2, 0.25) is 0 Å². The van der Waals surface area contributed by atoms with E-state index in [0.29, 0.717) is 13.2 Å². The molecule has 0 spiro atoms. The third-order valence-corrected chi connectivity index (χ3v) is 4.18. The Hall–Kier alpha value is -2.21. The number of guanidine groups is 1. The van der Waals surface area contributed by atoms with Crippen molar-refractivity contribution in [1.29, 1.82) is 0 Å². The number of nitrogens with one attached hydrogen (secondary N) is 2. The summed E-state index contributed by atoms with van der Waals surface area (Å²) >= 11 is 1.73. The largest absolute Gasteiger partial charge is 0.493 e. The van der Waals surface area contributed by atoms with Gasteiger partial charge in [0.05, 0.1) is 26.8 Å². The highest BCUT2D eigenvalue weighted by Gasteiger charge is 2.05. The molecule has 0 unspecified atom stereocenters. The van der Waals surface area contributed by atoms with Crippen molar-refractivity contribution in [3.8, 4) is 11.5 Å².